The third-order valence-electron chi connectivity index (χ3n) is 4.53. The molecule has 0 unspecified atom stereocenters. The zero-order chi connectivity index (χ0) is 20.4. The maximum Gasteiger partial charge on any atom is 0.289 e. The van der Waals surface area contributed by atoms with Gasteiger partial charge in [-0.05, 0) is 32.0 Å². The van der Waals surface area contributed by atoms with Gasteiger partial charge in [0.05, 0.1) is 6.26 Å². The van der Waals surface area contributed by atoms with Crippen LogP contribution >= 0.6 is 0 Å². The summed E-state index contributed by atoms with van der Waals surface area (Å²) in [6.07, 6.45) is 1.47. The maximum atomic E-state index is 12.9. The number of aryl methyl sites for hydroxylation is 2. The molecule has 1 aliphatic rings. The van der Waals surface area contributed by atoms with Crippen molar-refractivity contribution in [3.05, 3.63) is 53.4 Å². The molecule has 150 valence electrons. The van der Waals surface area contributed by atoms with Crippen LogP contribution in [-0.2, 0) is 0 Å². The molecule has 4 rings (SSSR count). The fraction of sp³-hybridized carbons (Fsp3) is 0.316. The number of rotatable bonds is 4. The number of carbonyl (C=O) groups is 2. The molecular formula is C19H20N6O4. The van der Waals surface area contributed by atoms with Crippen LogP contribution in [0.5, 0.6) is 0 Å². The Morgan fingerprint density at radius 2 is 1.76 bits per heavy atom. The van der Waals surface area contributed by atoms with Crippen LogP contribution in [0.2, 0.25) is 0 Å². The van der Waals surface area contributed by atoms with Gasteiger partial charge in [-0.1, -0.05) is 5.16 Å². The van der Waals surface area contributed by atoms with Crippen molar-refractivity contribution in [2.24, 2.45) is 0 Å². The van der Waals surface area contributed by atoms with Crippen molar-refractivity contribution < 1.29 is 18.5 Å². The van der Waals surface area contributed by atoms with Gasteiger partial charge in [0, 0.05) is 37.9 Å². The van der Waals surface area contributed by atoms with E-state index in [1.807, 2.05) is 0 Å². The standard InChI is InChI=1S/C19H20N6O4/c1-12-10-14(21-19(20-12)22-16-11-13(2)29-23-16)17(26)24-5-7-25(8-6-24)18(27)15-4-3-9-28-15/h3-4,9-11H,5-8H2,1-2H3,(H,20,21,22,23). The molecule has 1 aliphatic heterocycles. The van der Waals surface area contributed by atoms with E-state index < -0.39 is 0 Å². The van der Waals surface area contributed by atoms with Crippen LogP contribution in [0.25, 0.3) is 0 Å². The maximum absolute atomic E-state index is 12.9. The first-order valence-electron chi connectivity index (χ1n) is 9.17. The monoisotopic (exact) mass is 396 g/mol. The summed E-state index contributed by atoms with van der Waals surface area (Å²) in [6.45, 7) is 5.26. The predicted molar refractivity (Wildman–Crippen MR) is 102 cm³/mol. The van der Waals surface area contributed by atoms with Crippen molar-refractivity contribution in [3.63, 3.8) is 0 Å². The quantitative estimate of drug-likeness (QED) is 0.712. The second-order valence-corrected chi connectivity index (χ2v) is 6.73. The summed E-state index contributed by atoms with van der Waals surface area (Å²) in [4.78, 5) is 37.2. The van der Waals surface area contributed by atoms with E-state index in [0.29, 0.717) is 49.2 Å². The first-order chi connectivity index (χ1) is 14.0. The fourth-order valence-corrected chi connectivity index (χ4v) is 3.10. The van der Waals surface area contributed by atoms with Gasteiger partial charge in [0.2, 0.25) is 5.95 Å². The van der Waals surface area contributed by atoms with E-state index in [1.165, 1.54) is 6.26 Å². The Hall–Kier alpha value is -3.69. The lowest BCUT2D eigenvalue weighted by Crippen LogP contribution is -2.50. The lowest BCUT2D eigenvalue weighted by atomic mass is 10.2. The van der Waals surface area contributed by atoms with E-state index in [9.17, 15) is 9.59 Å². The van der Waals surface area contributed by atoms with Gasteiger partial charge >= 0.3 is 0 Å². The van der Waals surface area contributed by atoms with Gasteiger partial charge in [0.1, 0.15) is 11.5 Å². The van der Waals surface area contributed by atoms with Crippen LogP contribution in [0.15, 0.2) is 39.5 Å². The van der Waals surface area contributed by atoms with Gasteiger partial charge in [0.15, 0.2) is 11.6 Å². The Kier molecular flexibility index (Phi) is 4.98. The van der Waals surface area contributed by atoms with Crippen molar-refractivity contribution >= 4 is 23.6 Å². The smallest absolute Gasteiger partial charge is 0.289 e. The van der Waals surface area contributed by atoms with Crippen LogP contribution in [-0.4, -0.2) is 62.9 Å². The normalized spacial score (nSPS) is 14.1. The molecule has 0 saturated carbocycles. The Balaban J connectivity index is 1.42. The van der Waals surface area contributed by atoms with Gasteiger partial charge < -0.3 is 24.1 Å². The molecule has 10 nitrogen and oxygen atoms in total. The molecule has 1 saturated heterocycles. The van der Waals surface area contributed by atoms with E-state index in [4.69, 9.17) is 8.94 Å². The predicted octanol–water partition coefficient (Wildman–Crippen LogP) is 2.02. The zero-order valence-electron chi connectivity index (χ0n) is 16.1. The molecule has 0 aliphatic carbocycles. The minimum atomic E-state index is -0.208. The van der Waals surface area contributed by atoms with Crippen LogP contribution in [0, 0.1) is 13.8 Å². The third kappa shape index (κ3) is 4.10. The first-order valence-corrected chi connectivity index (χ1v) is 9.17. The summed E-state index contributed by atoms with van der Waals surface area (Å²) in [7, 11) is 0. The van der Waals surface area contributed by atoms with Gasteiger partial charge in [-0.15, -0.1) is 0 Å². The van der Waals surface area contributed by atoms with E-state index >= 15 is 0 Å². The van der Waals surface area contributed by atoms with Crippen molar-refractivity contribution in [2.75, 3.05) is 31.5 Å². The van der Waals surface area contributed by atoms with Gasteiger partial charge in [-0.3, -0.25) is 9.59 Å². The first kappa shape index (κ1) is 18.7. The van der Waals surface area contributed by atoms with Crippen LogP contribution in [0.1, 0.15) is 32.5 Å². The second-order valence-electron chi connectivity index (χ2n) is 6.73. The van der Waals surface area contributed by atoms with Crippen LogP contribution in [0.4, 0.5) is 11.8 Å². The summed E-state index contributed by atoms with van der Waals surface area (Å²) in [5, 5.41) is 6.78. The molecule has 29 heavy (non-hydrogen) atoms. The lowest BCUT2D eigenvalue weighted by molar-refractivity contribution is 0.0515. The fourth-order valence-electron chi connectivity index (χ4n) is 3.10. The molecule has 0 atom stereocenters. The SMILES string of the molecule is Cc1cc(C(=O)N2CCN(C(=O)c3ccco3)CC2)nc(Nc2cc(C)on2)n1. The Labute approximate surface area is 166 Å². The molecule has 1 N–H and O–H groups in total. The van der Waals surface area contributed by atoms with Gasteiger partial charge in [-0.25, -0.2) is 9.97 Å². The minimum absolute atomic E-state index is 0.172. The van der Waals surface area contributed by atoms with Crippen molar-refractivity contribution in [2.45, 2.75) is 13.8 Å². The van der Waals surface area contributed by atoms with Crippen LogP contribution in [0.3, 0.4) is 0 Å². The summed E-state index contributed by atoms with van der Waals surface area (Å²) < 4.78 is 10.2. The Morgan fingerprint density at radius 1 is 1.03 bits per heavy atom. The molecule has 3 aromatic rings. The molecule has 4 heterocycles. The van der Waals surface area contributed by atoms with Gasteiger partial charge in [0.25, 0.3) is 11.8 Å². The number of anilines is 2. The number of hydrogen-bond acceptors (Lipinski definition) is 8. The lowest BCUT2D eigenvalue weighted by Gasteiger charge is -2.34. The summed E-state index contributed by atoms with van der Waals surface area (Å²) in [5.74, 6) is 1.31. The molecule has 3 aromatic heterocycles. The highest BCUT2D eigenvalue weighted by Gasteiger charge is 2.27. The third-order valence-corrected chi connectivity index (χ3v) is 4.53. The van der Waals surface area contributed by atoms with E-state index in [1.54, 1.807) is 47.9 Å². The van der Waals surface area contributed by atoms with E-state index in [-0.39, 0.29) is 23.5 Å². The van der Waals surface area contributed by atoms with Crippen LogP contribution < -0.4 is 5.32 Å². The number of aromatic nitrogens is 3. The van der Waals surface area contributed by atoms with Crippen molar-refractivity contribution in [1.82, 2.24) is 24.9 Å². The van der Waals surface area contributed by atoms with E-state index in [2.05, 4.69) is 20.4 Å². The number of nitrogens with zero attached hydrogens (tertiary/aromatic N) is 5. The average Bonchev–Trinajstić information content (AvgIpc) is 3.38. The number of nitrogens with one attached hydrogen (secondary N) is 1. The average molecular weight is 396 g/mol. The molecule has 10 heteroatoms. The number of hydrogen-bond donors (Lipinski definition) is 1. The molecule has 0 radical (unpaired) electrons. The molecule has 2 amide bonds. The Bertz CT molecular complexity index is 1020. The largest absolute Gasteiger partial charge is 0.459 e. The number of furan rings is 1. The molecule has 0 spiro atoms. The van der Waals surface area contributed by atoms with Crippen molar-refractivity contribution in [3.8, 4) is 0 Å². The van der Waals surface area contributed by atoms with E-state index in [0.717, 1.165) is 0 Å². The van der Waals surface area contributed by atoms with Gasteiger partial charge in [-0.2, -0.15) is 0 Å². The topological polar surface area (TPSA) is 118 Å². The second kappa shape index (κ2) is 7.74. The number of carbonyl (C=O) groups excluding carboxylic acids is 2. The highest BCUT2D eigenvalue weighted by molar-refractivity contribution is 5.94. The summed E-state index contributed by atoms with van der Waals surface area (Å²) in [5.41, 5.74) is 0.934. The summed E-state index contributed by atoms with van der Waals surface area (Å²) in [6, 6.07) is 6.66. The zero-order valence-corrected chi connectivity index (χ0v) is 16.1. The highest BCUT2D eigenvalue weighted by atomic mass is 16.5. The van der Waals surface area contributed by atoms with Crippen molar-refractivity contribution in [1.29, 1.82) is 0 Å². The Morgan fingerprint density at radius 3 is 2.38 bits per heavy atom. The molecule has 1 fully saturated rings. The molecule has 0 bridgehead atoms. The number of amides is 2. The highest BCUT2D eigenvalue weighted by Crippen LogP contribution is 2.16. The molecule has 0 aromatic carbocycles. The minimum Gasteiger partial charge on any atom is -0.459 e. The molecular weight excluding hydrogens is 376 g/mol. The summed E-state index contributed by atoms with van der Waals surface area (Å²) >= 11 is 0. The number of piperazine rings is 1.